The summed E-state index contributed by atoms with van der Waals surface area (Å²) in [4.78, 5) is 22.3. The van der Waals surface area contributed by atoms with E-state index in [2.05, 4.69) is 40.7 Å². The summed E-state index contributed by atoms with van der Waals surface area (Å²) in [5.74, 6) is 0.289. The van der Waals surface area contributed by atoms with Gasteiger partial charge in [-0.15, -0.1) is 0 Å². The summed E-state index contributed by atoms with van der Waals surface area (Å²) in [6.45, 7) is 14.9. The molecule has 0 bridgehead atoms. The maximum absolute atomic E-state index is 11.2. The van der Waals surface area contributed by atoms with Crippen molar-refractivity contribution in [3.05, 3.63) is 33.8 Å². The van der Waals surface area contributed by atoms with Gasteiger partial charge in [-0.25, -0.2) is 9.59 Å². The summed E-state index contributed by atoms with van der Waals surface area (Å²) in [5, 5.41) is 25.5. The molecule has 0 atom stereocenters. The third-order valence-electron chi connectivity index (χ3n) is 4.40. The van der Waals surface area contributed by atoms with Crippen molar-refractivity contribution in [3.8, 4) is 40.6 Å². The van der Waals surface area contributed by atoms with Gasteiger partial charge in [0, 0.05) is 6.92 Å². The Balaban J connectivity index is 0. The summed E-state index contributed by atoms with van der Waals surface area (Å²) in [7, 11) is 4.34. The van der Waals surface area contributed by atoms with Crippen LogP contribution in [0, 0.1) is 11.3 Å². The van der Waals surface area contributed by atoms with Crippen LogP contribution in [0.1, 0.15) is 69.2 Å². The monoisotopic (exact) mass is 685 g/mol. The molecule has 0 aliphatic rings. The van der Waals surface area contributed by atoms with Crippen molar-refractivity contribution in [1.29, 1.82) is 5.26 Å². The SMILES string of the molecule is CC#N.CCOc1cc(C(=O)O)c(Br)c(OCC)c1OCC.CCOc1cc(C(=O)O)cc(OCC)c1OCC.[B]=NS. The number of nitriles is 1. The van der Waals surface area contributed by atoms with Gasteiger partial charge in [0.2, 0.25) is 11.5 Å². The standard InChI is InChI=1S/C13H17BrO5.C13H18O5.C2H3N.BHNS/c1-4-17-9-7-8(13(15)16)10(14)12(19-6-3)11(9)18-5-2;1-4-16-10-7-9(13(14)15)8-11(17-5-2)12(10)18-6-3;2*1-2-3/h7H,4-6H2,1-3H3,(H,15,16);7-8H,4-6H2,1-3H3,(H,14,15);1H3;3H. The Morgan fingerprint density at radius 2 is 1.09 bits per heavy atom. The zero-order valence-electron chi connectivity index (χ0n) is 25.4. The van der Waals surface area contributed by atoms with Crippen molar-refractivity contribution in [2.75, 3.05) is 39.6 Å². The first-order valence-corrected chi connectivity index (χ1v) is 14.4. The second-order valence-electron chi connectivity index (χ2n) is 7.24. The average molecular weight is 686 g/mol. The zero-order valence-corrected chi connectivity index (χ0v) is 27.9. The molecule has 0 amide bonds. The van der Waals surface area contributed by atoms with Gasteiger partial charge in [0.25, 0.3) is 0 Å². The predicted molar refractivity (Wildman–Crippen MR) is 170 cm³/mol. The van der Waals surface area contributed by atoms with Gasteiger partial charge >= 0.3 is 36.7 Å². The second kappa shape index (κ2) is 24.9. The number of aromatic carboxylic acids is 2. The molecule has 2 N–H and O–H groups in total. The van der Waals surface area contributed by atoms with Crippen LogP contribution >= 0.6 is 28.7 Å². The van der Waals surface area contributed by atoms with E-state index in [0.29, 0.717) is 78.6 Å². The molecule has 2 aromatic carbocycles. The van der Waals surface area contributed by atoms with E-state index in [-0.39, 0.29) is 11.1 Å². The van der Waals surface area contributed by atoms with Crippen LogP contribution in [0.3, 0.4) is 0 Å². The van der Waals surface area contributed by atoms with E-state index < -0.39 is 11.9 Å². The predicted octanol–water partition coefficient (Wildman–Crippen LogP) is 6.64. The van der Waals surface area contributed by atoms with E-state index in [1.807, 2.05) is 41.5 Å². The van der Waals surface area contributed by atoms with Crippen LogP contribution in [0.15, 0.2) is 27.0 Å². The quantitative estimate of drug-likeness (QED) is 0.144. The molecule has 0 unspecified atom stereocenters. The number of halogens is 1. The van der Waals surface area contributed by atoms with Crippen LogP contribution in [0.4, 0.5) is 0 Å². The van der Waals surface area contributed by atoms with Gasteiger partial charge in [-0.05, 0) is 75.7 Å². The van der Waals surface area contributed by atoms with Crippen molar-refractivity contribution in [3.63, 3.8) is 0 Å². The number of nitrogens with zero attached hydrogens (tertiary/aromatic N) is 2. The van der Waals surface area contributed by atoms with Gasteiger partial charge in [-0.3, -0.25) is 0 Å². The third-order valence-corrected chi connectivity index (χ3v) is 5.19. The topological polar surface area (TPSA) is 166 Å². The Morgan fingerprint density at radius 3 is 1.42 bits per heavy atom. The van der Waals surface area contributed by atoms with Gasteiger partial charge in [-0.1, -0.05) is 0 Å². The second-order valence-corrected chi connectivity index (χ2v) is 8.27. The van der Waals surface area contributed by atoms with E-state index in [4.69, 9.17) is 38.8 Å². The molecule has 0 aliphatic heterocycles. The molecular weight excluding hydrogens is 647 g/mol. The summed E-state index contributed by atoms with van der Waals surface area (Å²) in [5.41, 5.74) is 0.195. The molecule has 0 saturated heterocycles. The van der Waals surface area contributed by atoms with Crippen molar-refractivity contribution in [2.45, 2.75) is 48.5 Å². The first-order valence-electron chi connectivity index (χ1n) is 13.2. The van der Waals surface area contributed by atoms with Crippen LogP contribution in [-0.4, -0.2) is 69.4 Å². The first-order chi connectivity index (χ1) is 20.5. The van der Waals surface area contributed by atoms with Crippen LogP contribution in [0.5, 0.6) is 34.5 Å². The van der Waals surface area contributed by atoms with E-state index in [1.165, 1.54) is 25.1 Å². The van der Waals surface area contributed by atoms with E-state index in [1.54, 1.807) is 6.07 Å². The number of hydrogen-bond donors (Lipinski definition) is 3. The molecular formula is C28H39BBrN2O10S. The Labute approximate surface area is 268 Å². The van der Waals surface area contributed by atoms with Crippen LogP contribution in [-0.2, 0) is 0 Å². The van der Waals surface area contributed by atoms with Gasteiger partial charge in [0.15, 0.2) is 23.0 Å². The Hall–Kier alpha value is -3.64. The molecule has 2 rings (SSSR count). The fourth-order valence-corrected chi connectivity index (χ4v) is 3.66. The first kappa shape index (κ1) is 41.5. The molecule has 15 heteroatoms. The summed E-state index contributed by atoms with van der Waals surface area (Å²) < 4.78 is 35.7. The van der Waals surface area contributed by atoms with E-state index in [9.17, 15) is 14.7 Å². The number of carboxylic acid groups (broad SMARTS) is 2. The normalized spacial score (nSPS) is 9.09. The summed E-state index contributed by atoms with van der Waals surface area (Å²) in [6.07, 6.45) is 0. The fourth-order valence-electron chi connectivity index (χ4n) is 3.08. The minimum atomic E-state index is -1.06. The molecule has 0 aliphatic carbocycles. The molecule has 2 aromatic rings. The number of hydrogen-bond acceptors (Lipinski definition) is 11. The van der Waals surface area contributed by atoms with Gasteiger partial charge in [0.05, 0.1) is 61.3 Å². The fraction of sp³-hybridized carbons (Fsp3) is 0.464. The average Bonchev–Trinajstić information content (AvgIpc) is 2.95. The molecule has 1 radical (unpaired) electrons. The number of carbonyl (C=O) groups is 2. The summed E-state index contributed by atoms with van der Waals surface area (Å²) >= 11 is 6.44. The number of rotatable bonds is 14. The molecule has 0 fully saturated rings. The summed E-state index contributed by atoms with van der Waals surface area (Å²) in [6, 6.07) is 6.07. The van der Waals surface area contributed by atoms with Gasteiger partial charge in [0.1, 0.15) is 0 Å². The van der Waals surface area contributed by atoms with Crippen molar-refractivity contribution in [2.24, 2.45) is 4.30 Å². The maximum atomic E-state index is 11.2. The van der Waals surface area contributed by atoms with E-state index >= 15 is 0 Å². The van der Waals surface area contributed by atoms with Gasteiger partial charge < -0.3 is 38.6 Å². The van der Waals surface area contributed by atoms with E-state index in [0.717, 1.165) is 0 Å². The molecule has 0 spiro atoms. The number of thiol groups is 1. The Morgan fingerprint density at radius 1 is 0.767 bits per heavy atom. The molecule has 0 saturated carbocycles. The van der Waals surface area contributed by atoms with Crippen LogP contribution in [0.2, 0.25) is 0 Å². The van der Waals surface area contributed by atoms with Crippen molar-refractivity contribution < 1.29 is 48.2 Å². The molecule has 237 valence electrons. The zero-order chi connectivity index (χ0) is 33.4. The Kier molecular flexibility index (Phi) is 24.0. The molecule has 12 nitrogen and oxygen atoms in total. The van der Waals surface area contributed by atoms with Gasteiger partial charge in [-0.2, -0.15) is 5.26 Å². The number of benzene rings is 2. The molecule has 0 heterocycles. The number of ether oxygens (including phenoxy) is 6. The third kappa shape index (κ3) is 14.9. The molecule has 0 aromatic heterocycles. The van der Waals surface area contributed by atoms with Crippen LogP contribution < -0.4 is 28.4 Å². The Bertz CT molecular complexity index is 1170. The number of carboxylic acids is 2. The van der Waals surface area contributed by atoms with Crippen molar-refractivity contribution in [1.82, 2.24) is 0 Å². The van der Waals surface area contributed by atoms with Crippen LogP contribution in [0.25, 0.3) is 0 Å². The minimum absolute atomic E-state index is 0.0790. The molecule has 43 heavy (non-hydrogen) atoms. The van der Waals surface area contributed by atoms with Crippen molar-refractivity contribution >= 4 is 48.3 Å².